The summed E-state index contributed by atoms with van der Waals surface area (Å²) in [6.45, 7) is 5.22. The van der Waals surface area contributed by atoms with Crippen LogP contribution in [0.5, 0.6) is 0 Å². The first-order valence-electron chi connectivity index (χ1n) is 6.56. The molecule has 21 heavy (non-hydrogen) atoms. The zero-order valence-electron chi connectivity index (χ0n) is 12.5. The minimum atomic E-state index is -3.92. The SMILES string of the molecule is CC(=O)c1ccc([N+]2(C)CCOCC2)cc1.CS(=O)(=O)[O-]. The van der Waals surface area contributed by atoms with Gasteiger partial charge in [0.05, 0.1) is 30.4 Å². The van der Waals surface area contributed by atoms with Crippen molar-refractivity contribution in [1.29, 1.82) is 0 Å². The molecule has 118 valence electrons. The van der Waals surface area contributed by atoms with Crippen molar-refractivity contribution in [2.75, 3.05) is 39.6 Å². The summed E-state index contributed by atoms with van der Waals surface area (Å²) in [5, 5.41) is 0. The van der Waals surface area contributed by atoms with Crippen LogP contribution in [0.25, 0.3) is 0 Å². The Hall–Kier alpha value is -1.28. The molecule has 7 heteroatoms. The quantitative estimate of drug-likeness (QED) is 0.462. The van der Waals surface area contributed by atoms with E-state index < -0.39 is 10.1 Å². The van der Waals surface area contributed by atoms with Crippen LogP contribution in [0.2, 0.25) is 0 Å². The van der Waals surface area contributed by atoms with Crippen LogP contribution in [0.1, 0.15) is 17.3 Å². The fourth-order valence-corrected chi connectivity index (χ4v) is 2.06. The molecule has 0 unspecified atom stereocenters. The summed E-state index contributed by atoms with van der Waals surface area (Å²) in [5.41, 5.74) is 2.04. The molecular formula is C14H21NO5S. The van der Waals surface area contributed by atoms with Crippen LogP contribution in [0.3, 0.4) is 0 Å². The molecule has 1 fully saturated rings. The molecule has 0 atom stereocenters. The van der Waals surface area contributed by atoms with E-state index in [1.165, 1.54) is 5.69 Å². The number of nitrogens with zero attached hydrogens (tertiary/aromatic N) is 1. The molecule has 0 radical (unpaired) electrons. The van der Waals surface area contributed by atoms with Crippen LogP contribution in [-0.2, 0) is 14.9 Å². The number of hydrogen-bond acceptors (Lipinski definition) is 5. The molecule has 1 aromatic carbocycles. The second-order valence-corrected chi connectivity index (χ2v) is 6.67. The van der Waals surface area contributed by atoms with E-state index in [4.69, 9.17) is 17.7 Å². The van der Waals surface area contributed by atoms with Gasteiger partial charge in [0.1, 0.15) is 18.8 Å². The first kappa shape index (κ1) is 17.8. The molecule has 0 amide bonds. The van der Waals surface area contributed by atoms with Crippen molar-refractivity contribution < 1.29 is 22.5 Å². The topological polar surface area (TPSA) is 83.5 Å². The van der Waals surface area contributed by atoms with Crippen molar-refractivity contribution in [2.45, 2.75) is 6.92 Å². The van der Waals surface area contributed by atoms with Gasteiger partial charge in [0.15, 0.2) is 5.78 Å². The number of ketones is 1. The predicted octanol–water partition coefficient (Wildman–Crippen LogP) is 1.02. The number of Topliss-reactive ketones (excluding diaryl/α,β-unsaturated/α-hetero) is 1. The van der Waals surface area contributed by atoms with Gasteiger partial charge in [0.25, 0.3) is 0 Å². The lowest BCUT2D eigenvalue weighted by Crippen LogP contribution is -2.53. The molecule has 1 saturated heterocycles. The maximum absolute atomic E-state index is 11.2. The Morgan fingerprint density at radius 2 is 1.62 bits per heavy atom. The Labute approximate surface area is 125 Å². The van der Waals surface area contributed by atoms with Gasteiger partial charge in [-0.3, -0.25) is 9.28 Å². The van der Waals surface area contributed by atoms with Crippen LogP contribution >= 0.6 is 0 Å². The molecule has 6 nitrogen and oxygen atoms in total. The largest absolute Gasteiger partial charge is 0.748 e. The van der Waals surface area contributed by atoms with Crippen LogP contribution in [-0.4, -0.2) is 58.4 Å². The highest BCUT2D eigenvalue weighted by Gasteiger charge is 2.27. The standard InChI is InChI=1S/C13H18NO2.CH4O3S/c1-11(15)12-3-5-13(6-4-12)14(2)7-9-16-10-8-14;1-5(2,3)4/h3-6H,7-10H2,1-2H3;1H3,(H,2,3,4)/q+1;/p-1. The molecule has 0 aromatic heterocycles. The predicted molar refractivity (Wildman–Crippen MR) is 80.3 cm³/mol. The third-order valence-electron chi connectivity index (χ3n) is 3.36. The lowest BCUT2D eigenvalue weighted by Gasteiger charge is -2.37. The fraction of sp³-hybridized carbons (Fsp3) is 0.500. The number of morpholine rings is 1. The van der Waals surface area contributed by atoms with Gasteiger partial charge in [-0.2, -0.15) is 0 Å². The normalized spacial score (nSPS) is 17.5. The van der Waals surface area contributed by atoms with E-state index in [0.717, 1.165) is 36.3 Å². The molecule has 1 aromatic rings. The summed E-state index contributed by atoms with van der Waals surface area (Å²) >= 11 is 0. The van der Waals surface area contributed by atoms with E-state index >= 15 is 0 Å². The maximum atomic E-state index is 11.2. The summed E-state index contributed by atoms with van der Waals surface area (Å²) in [7, 11) is -1.70. The molecule has 1 aliphatic heterocycles. The molecule has 0 N–H and O–H groups in total. The van der Waals surface area contributed by atoms with E-state index in [1.54, 1.807) is 6.92 Å². The van der Waals surface area contributed by atoms with Crippen LogP contribution < -0.4 is 4.48 Å². The minimum absolute atomic E-state index is 0.121. The van der Waals surface area contributed by atoms with Crippen LogP contribution in [0, 0.1) is 0 Å². The molecule has 0 spiro atoms. The molecular weight excluding hydrogens is 294 g/mol. The van der Waals surface area contributed by atoms with Gasteiger partial charge in [-0.1, -0.05) is 0 Å². The van der Waals surface area contributed by atoms with Gasteiger partial charge < -0.3 is 9.29 Å². The summed E-state index contributed by atoms with van der Waals surface area (Å²) in [6, 6.07) is 7.94. The molecule has 1 heterocycles. The van der Waals surface area contributed by atoms with E-state index in [-0.39, 0.29) is 5.78 Å². The third kappa shape index (κ3) is 6.34. The monoisotopic (exact) mass is 315 g/mol. The molecule has 0 saturated carbocycles. The summed E-state index contributed by atoms with van der Waals surface area (Å²) < 4.78 is 33.5. The van der Waals surface area contributed by atoms with Gasteiger partial charge in [-0.15, -0.1) is 0 Å². The Bertz CT molecular complexity index is 566. The number of likely N-dealkylation sites (N-methyl/N-ethyl adjacent to an activating group) is 1. The van der Waals surface area contributed by atoms with Crippen molar-refractivity contribution in [3.05, 3.63) is 29.8 Å². The maximum Gasteiger partial charge on any atom is 0.159 e. The molecule has 0 bridgehead atoms. The van der Waals surface area contributed by atoms with Gasteiger partial charge in [0, 0.05) is 11.8 Å². The van der Waals surface area contributed by atoms with Crippen molar-refractivity contribution in [2.24, 2.45) is 0 Å². The number of quaternary nitrogens is 1. The van der Waals surface area contributed by atoms with Gasteiger partial charge in [-0.25, -0.2) is 8.42 Å². The third-order valence-corrected chi connectivity index (χ3v) is 3.36. The van der Waals surface area contributed by atoms with Gasteiger partial charge in [0.2, 0.25) is 0 Å². The Morgan fingerprint density at radius 3 is 2.00 bits per heavy atom. The minimum Gasteiger partial charge on any atom is -0.748 e. The first-order valence-corrected chi connectivity index (χ1v) is 8.38. The van der Waals surface area contributed by atoms with Crippen molar-refractivity contribution >= 4 is 21.6 Å². The number of benzene rings is 1. The zero-order valence-corrected chi connectivity index (χ0v) is 13.4. The highest BCUT2D eigenvalue weighted by Crippen LogP contribution is 2.23. The molecule has 0 aliphatic carbocycles. The Balaban J connectivity index is 0.000000383. The average Bonchev–Trinajstić information content (AvgIpc) is 2.38. The smallest absolute Gasteiger partial charge is 0.159 e. The van der Waals surface area contributed by atoms with Gasteiger partial charge >= 0.3 is 0 Å². The summed E-state index contributed by atoms with van der Waals surface area (Å²) in [5.74, 6) is 0.121. The van der Waals surface area contributed by atoms with Crippen molar-refractivity contribution in [3.63, 3.8) is 0 Å². The van der Waals surface area contributed by atoms with E-state index in [2.05, 4.69) is 19.2 Å². The van der Waals surface area contributed by atoms with Gasteiger partial charge in [-0.05, 0) is 31.2 Å². The number of carbonyl (C=O) groups is 1. The second kappa shape index (κ2) is 7.13. The van der Waals surface area contributed by atoms with E-state index in [0.29, 0.717) is 6.26 Å². The van der Waals surface area contributed by atoms with Crippen molar-refractivity contribution in [3.8, 4) is 0 Å². The Kier molecular flexibility index (Phi) is 6.03. The Morgan fingerprint density at radius 1 is 1.19 bits per heavy atom. The van der Waals surface area contributed by atoms with E-state index in [9.17, 15) is 4.79 Å². The highest BCUT2D eigenvalue weighted by molar-refractivity contribution is 7.84. The zero-order chi connectivity index (χ0) is 16.1. The second-order valence-electron chi connectivity index (χ2n) is 5.26. The summed E-state index contributed by atoms with van der Waals surface area (Å²) in [6.07, 6.45) is 0.604. The molecule has 1 aliphatic rings. The number of rotatable bonds is 2. The number of carbonyl (C=O) groups excluding carboxylic acids is 1. The van der Waals surface area contributed by atoms with E-state index in [1.807, 2.05) is 12.1 Å². The van der Waals surface area contributed by atoms with Crippen molar-refractivity contribution in [1.82, 2.24) is 4.48 Å². The average molecular weight is 315 g/mol. The molecule has 2 rings (SSSR count). The van der Waals surface area contributed by atoms with Crippen LogP contribution in [0.4, 0.5) is 5.69 Å². The number of ether oxygens (including phenoxy) is 1. The first-order chi connectivity index (χ1) is 9.62. The summed E-state index contributed by atoms with van der Waals surface area (Å²) in [4.78, 5) is 11.2. The highest BCUT2D eigenvalue weighted by atomic mass is 32.2. The fourth-order valence-electron chi connectivity index (χ4n) is 2.06. The lowest BCUT2D eigenvalue weighted by atomic mass is 10.1. The van der Waals surface area contributed by atoms with Crippen LogP contribution in [0.15, 0.2) is 24.3 Å². The lowest BCUT2D eigenvalue weighted by molar-refractivity contribution is 0.0526. The number of hydrogen-bond donors (Lipinski definition) is 0.